The molecule has 1 saturated carbocycles. The van der Waals surface area contributed by atoms with Crippen molar-refractivity contribution < 1.29 is 17.9 Å². The number of halogens is 1. The van der Waals surface area contributed by atoms with E-state index in [1.807, 2.05) is 6.07 Å². The second kappa shape index (κ2) is 7.39. The Kier molecular flexibility index (Phi) is 5.33. The molecule has 3 rings (SSSR count). The first-order chi connectivity index (χ1) is 12.7. The summed E-state index contributed by atoms with van der Waals surface area (Å²) in [5, 5.41) is 19.1. The molecule has 0 unspecified atom stereocenters. The maximum absolute atomic E-state index is 13.3. The molecule has 2 aromatic carbocycles. The van der Waals surface area contributed by atoms with E-state index in [9.17, 15) is 17.9 Å². The molecule has 0 saturated heterocycles. The maximum Gasteiger partial charge on any atom is 0.240 e. The molecule has 1 aliphatic rings. The van der Waals surface area contributed by atoms with E-state index in [1.165, 1.54) is 24.3 Å². The lowest BCUT2D eigenvalue weighted by Gasteiger charge is -2.33. The van der Waals surface area contributed by atoms with Crippen molar-refractivity contribution in [1.82, 2.24) is 4.72 Å². The number of nitrogens with one attached hydrogen (secondary N) is 1. The van der Waals surface area contributed by atoms with E-state index in [0.29, 0.717) is 36.8 Å². The third-order valence-corrected chi connectivity index (χ3v) is 6.50. The van der Waals surface area contributed by atoms with Crippen LogP contribution in [0.2, 0.25) is 0 Å². The van der Waals surface area contributed by atoms with Crippen molar-refractivity contribution in [3.05, 3.63) is 53.8 Å². The van der Waals surface area contributed by atoms with Crippen LogP contribution in [0, 0.1) is 17.1 Å². The van der Waals surface area contributed by atoms with Gasteiger partial charge in [0.1, 0.15) is 5.82 Å². The summed E-state index contributed by atoms with van der Waals surface area (Å²) in [6, 6.07) is 11.8. The highest BCUT2D eigenvalue weighted by atomic mass is 32.2. The van der Waals surface area contributed by atoms with Crippen LogP contribution in [0.25, 0.3) is 11.1 Å². The molecule has 142 valence electrons. The van der Waals surface area contributed by atoms with E-state index >= 15 is 0 Å². The molecule has 1 fully saturated rings. The average Bonchev–Trinajstić information content (AvgIpc) is 2.63. The Bertz CT molecular complexity index is 969. The van der Waals surface area contributed by atoms with E-state index < -0.39 is 21.4 Å². The molecule has 0 heterocycles. The normalized spacial score (nSPS) is 23.0. The van der Waals surface area contributed by atoms with Crippen molar-refractivity contribution in [2.75, 3.05) is 0 Å². The van der Waals surface area contributed by atoms with E-state index in [-0.39, 0.29) is 16.5 Å². The summed E-state index contributed by atoms with van der Waals surface area (Å²) in [5.74, 6) is -0.495. The fraction of sp³-hybridized carbons (Fsp3) is 0.350. The summed E-state index contributed by atoms with van der Waals surface area (Å²) in [6.07, 6.45) is 2.29. The fourth-order valence-electron chi connectivity index (χ4n) is 3.32. The molecule has 0 aromatic heterocycles. The molecule has 1 aliphatic carbocycles. The quantitative estimate of drug-likeness (QED) is 0.841. The number of benzene rings is 2. The number of rotatable bonds is 4. The predicted molar refractivity (Wildman–Crippen MR) is 99.8 cm³/mol. The maximum atomic E-state index is 13.3. The first-order valence-corrected chi connectivity index (χ1v) is 10.2. The Morgan fingerprint density at radius 3 is 2.41 bits per heavy atom. The second-order valence-electron chi connectivity index (χ2n) is 7.22. The molecular formula is C20H21FN2O3S. The van der Waals surface area contributed by atoms with Crippen molar-refractivity contribution in [1.29, 1.82) is 5.26 Å². The average molecular weight is 388 g/mol. The summed E-state index contributed by atoms with van der Waals surface area (Å²) < 4.78 is 41.2. The highest BCUT2D eigenvalue weighted by Crippen LogP contribution is 2.29. The van der Waals surface area contributed by atoms with Crippen LogP contribution in [0.15, 0.2) is 47.4 Å². The molecule has 2 N–H and O–H groups in total. The predicted octanol–water partition coefficient (Wildman–Crippen LogP) is 3.34. The lowest BCUT2D eigenvalue weighted by molar-refractivity contribution is 0.0163. The highest BCUT2D eigenvalue weighted by Gasteiger charge is 2.31. The van der Waals surface area contributed by atoms with Crippen molar-refractivity contribution in [3.8, 4) is 17.2 Å². The Morgan fingerprint density at radius 1 is 1.19 bits per heavy atom. The van der Waals surface area contributed by atoms with Gasteiger partial charge in [0.05, 0.1) is 22.1 Å². The molecule has 0 atom stereocenters. The van der Waals surface area contributed by atoms with Gasteiger partial charge >= 0.3 is 0 Å². The Labute approximate surface area is 158 Å². The first-order valence-electron chi connectivity index (χ1n) is 8.75. The van der Waals surface area contributed by atoms with Crippen LogP contribution >= 0.6 is 0 Å². The van der Waals surface area contributed by atoms with E-state index in [4.69, 9.17) is 5.26 Å². The smallest absolute Gasteiger partial charge is 0.240 e. The molecule has 27 heavy (non-hydrogen) atoms. The summed E-state index contributed by atoms with van der Waals surface area (Å²) >= 11 is 0. The summed E-state index contributed by atoms with van der Waals surface area (Å²) in [6.45, 7) is 1.77. The van der Waals surface area contributed by atoms with Gasteiger partial charge in [-0.1, -0.05) is 18.2 Å². The summed E-state index contributed by atoms with van der Waals surface area (Å²) in [4.78, 5) is 0.129. The van der Waals surface area contributed by atoms with Crippen molar-refractivity contribution in [2.24, 2.45) is 0 Å². The molecule has 0 spiro atoms. The molecule has 2 aromatic rings. The molecular weight excluding hydrogens is 367 g/mol. The zero-order chi connectivity index (χ0) is 19.7. The van der Waals surface area contributed by atoms with Gasteiger partial charge in [-0.25, -0.2) is 17.5 Å². The monoisotopic (exact) mass is 388 g/mol. The van der Waals surface area contributed by atoms with Crippen LogP contribution in [0.1, 0.15) is 38.2 Å². The largest absolute Gasteiger partial charge is 0.390 e. The molecule has 0 amide bonds. The van der Waals surface area contributed by atoms with Crippen LogP contribution in [0.5, 0.6) is 0 Å². The SMILES string of the molecule is C[C@]1(O)CC[C@@H](NS(=O)(=O)c2ccc(-c3ccc(F)cc3C#N)cc2)CC1. The van der Waals surface area contributed by atoms with Gasteiger partial charge in [-0.05, 0) is 68.0 Å². The van der Waals surface area contributed by atoms with Crippen LogP contribution in [0.3, 0.4) is 0 Å². The minimum absolute atomic E-state index is 0.129. The van der Waals surface area contributed by atoms with Gasteiger partial charge in [0.2, 0.25) is 10.0 Å². The van der Waals surface area contributed by atoms with Crippen LogP contribution in [-0.2, 0) is 10.0 Å². The standard InChI is InChI=1S/C20H21FN2O3S/c1-20(24)10-8-17(9-11-20)23-27(25,26)18-5-2-14(3-6-18)19-7-4-16(21)12-15(19)13-22/h2-7,12,17,23-24H,8-11H2,1H3/t17-,20+. The molecule has 0 radical (unpaired) electrons. The molecule has 0 aliphatic heterocycles. The van der Waals surface area contributed by atoms with Gasteiger partial charge in [0.25, 0.3) is 0 Å². The lowest BCUT2D eigenvalue weighted by atomic mass is 9.84. The number of sulfonamides is 1. The van der Waals surface area contributed by atoms with Crippen LogP contribution in [0.4, 0.5) is 4.39 Å². The number of nitrogens with zero attached hydrogens (tertiary/aromatic N) is 1. The number of hydrogen-bond acceptors (Lipinski definition) is 4. The number of hydrogen-bond donors (Lipinski definition) is 2. The first kappa shape index (κ1) is 19.5. The van der Waals surface area contributed by atoms with Gasteiger partial charge in [-0.15, -0.1) is 0 Å². The van der Waals surface area contributed by atoms with Crippen molar-refractivity contribution in [2.45, 2.75) is 49.1 Å². The lowest BCUT2D eigenvalue weighted by Crippen LogP contribution is -2.42. The van der Waals surface area contributed by atoms with E-state index in [1.54, 1.807) is 19.1 Å². The third kappa shape index (κ3) is 4.53. The van der Waals surface area contributed by atoms with E-state index in [0.717, 1.165) is 6.07 Å². The summed E-state index contributed by atoms with van der Waals surface area (Å²) in [7, 11) is -3.68. The molecule has 5 nitrogen and oxygen atoms in total. The van der Waals surface area contributed by atoms with Crippen LogP contribution < -0.4 is 4.72 Å². The zero-order valence-electron chi connectivity index (χ0n) is 14.9. The van der Waals surface area contributed by atoms with E-state index in [2.05, 4.69) is 4.72 Å². The minimum atomic E-state index is -3.68. The van der Waals surface area contributed by atoms with Crippen molar-refractivity contribution in [3.63, 3.8) is 0 Å². The molecule has 7 heteroatoms. The Morgan fingerprint density at radius 2 is 1.81 bits per heavy atom. The van der Waals surface area contributed by atoms with Crippen molar-refractivity contribution >= 4 is 10.0 Å². The Hall–Kier alpha value is -2.27. The van der Waals surface area contributed by atoms with Gasteiger partial charge < -0.3 is 5.11 Å². The minimum Gasteiger partial charge on any atom is -0.390 e. The highest BCUT2D eigenvalue weighted by molar-refractivity contribution is 7.89. The summed E-state index contributed by atoms with van der Waals surface area (Å²) in [5.41, 5.74) is 0.652. The van der Waals surface area contributed by atoms with Gasteiger partial charge in [0, 0.05) is 6.04 Å². The van der Waals surface area contributed by atoms with Gasteiger partial charge in [0.15, 0.2) is 0 Å². The zero-order valence-corrected chi connectivity index (χ0v) is 15.8. The fourth-order valence-corrected chi connectivity index (χ4v) is 4.62. The topological polar surface area (TPSA) is 90.2 Å². The van der Waals surface area contributed by atoms with Gasteiger partial charge in [-0.3, -0.25) is 0 Å². The second-order valence-corrected chi connectivity index (χ2v) is 8.93. The van der Waals surface area contributed by atoms with Gasteiger partial charge in [-0.2, -0.15) is 5.26 Å². The Balaban J connectivity index is 1.78. The number of nitriles is 1. The third-order valence-electron chi connectivity index (χ3n) is 4.96. The number of aliphatic hydroxyl groups is 1. The van der Waals surface area contributed by atoms with Crippen LogP contribution in [-0.4, -0.2) is 25.2 Å². The molecule has 0 bridgehead atoms.